The van der Waals surface area contributed by atoms with Crippen molar-refractivity contribution in [3.63, 3.8) is 0 Å². The number of carbonyl (C=O) groups is 2. The Morgan fingerprint density at radius 3 is 2.76 bits per heavy atom. The van der Waals surface area contributed by atoms with E-state index in [2.05, 4.69) is 15.6 Å². The number of nitrogens with zero attached hydrogens (tertiary/aromatic N) is 1. The standard InChI is InChI=1S/C16H17N3O2/c1-2-15(20)19-14-7-3-6-13(9-14)16(21)18-11-12-5-4-8-17-10-12/h3-10H,2,11H2,1H3,(H,18,21)(H,19,20). The molecule has 0 fully saturated rings. The molecule has 1 aromatic heterocycles. The van der Waals surface area contributed by atoms with Crippen LogP contribution in [0.4, 0.5) is 5.69 Å². The van der Waals surface area contributed by atoms with Crippen LogP contribution >= 0.6 is 0 Å². The van der Waals surface area contributed by atoms with Crippen LogP contribution < -0.4 is 10.6 Å². The van der Waals surface area contributed by atoms with Crippen LogP contribution in [0.1, 0.15) is 29.3 Å². The third-order valence-electron chi connectivity index (χ3n) is 2.91. The Bertz CT molecular complexity index is 626. The van der Waals surface area contributed by atoms with Gasteiger partial charge in [0.15, 0.2) is 0 Å². The number of anilines is 1. The summed E-state index contributed by atoms with van der Waals surface area (Å²) in [5, 5.41) is 5.55. The molecule has 5 nitrogen and oxygen atoms in total. The minimum absolute atomic E-state index is 0.0806. The van der Waals surface area contributed by atoms with Crippen molar-refractivity contribution in [1.29, 1.82) is 0 Å². The summed E-state index contributed by atoms with van der Waals surface area (Å²) >= 11 is 0. The summed E-state index contributed by atoms with van der Waals surface area (Å²) in [6.45, 7) is 2.19. The van der Waals surface area contributed by atoms with Crippen LogP contribution in [0, 0.1) is 0 Å². The van der Waals surface area contributed by atoms with E-state index in [0.717, 1.165) is 5.56 Å². The molecule has 0 saturated carbocycles. The Balaban J connectivity index is 1.99. The predicted molar refractivity (Wildman–Crippen MR) is 80.8 cm³/mol. The molecule has 0 aliphatic rings. The van der Waals surface area contributed by atoms with Gasteiger partial charge in [0, 0.05) is 36.6 Å². The van der Waals surface area contributed by atoms with Crippen molar-refractivity contribution in [1.82, 2.24) is 10.3 Å². The number of nitrogens with one attached hydrogen (secondary N) is 2. The van der Waals surface area contributed by atoms with E-state index in [0.29, 0.717) is 24.2 Å². The third kappa shape index (κ3) is 4.42. The van der Waals surface area contributed by atoms with Crippen LogP contribution in [0.15, 0.2) is 48.8 Å². The predicted octanol–water partition coefficient (Wildman–Crippen LogP) is 2.36. The maximum absolute atomic E-state index is 12.1. The number of pyridine rings is 1. The van der Waals surface area contributed by atoms with Gasteiger partial charge in [0.05, 0.1) is 0 Å². The lowest BCUT2D eigenvalue weighted by Gasteiger charge is -2.08. The summed E-state index contributed by atoms with van der Waals surface area (Å²) in [6.07, 6.45) is 3.79. The van der Waals surface area contributed by atoms with Gasteiger partial charge in [0.1, 0.15) is 0 Å². The highest BCUT2D eigenvalue weighted by Crippen LogP contribution is 2.11. The molecule has 5 heteroatoms. The molecule has 21 heavy (non-hydrogen) atoms. The smallest absolute Gasteiger partial charge is 0.251 e. The monoisotopic (exact) mass is 283 g/mol. The number of rotatable bonds is 5. The molecule has 0 atom stereocenters. The van der Waals surface area contributed by atoms with Gasteiger partial charge in [-0.25, -0.2) is 0 Å². The van der Waals surface area contributed by atoms with Crippen LogP contribution in [0.2, 0.25) is 0 Å². The van der Waals surface area contributed by atoms with Gasteiger partial charge in [-0.3, -0.25) is 14.6 Å². The van der Waals surface area contributed by atoms with Gasteiger partial charge in [-0.2, -0.15) is 0 Å². The Hall–Kier alpha value is -2.69. The number of carbonyl (C=O) groups excluding carboxylic acids is 2. The van der Waals surface area contributed by atoms with E-state index in [9.17, 15) is 9.59 Å². The van der Waals surface area contributed by atoms with Crippen molar-refractivity contribution in [3.8, 4) is 0 Å². The molecule has 2 rings (SSSR count). The highest BCUT2D eigenvalue weighted by molar-refractivity contribution is 5.97. The molecule has 1 aromatic carbocycles. The number of hydrogen-bond acceptors (Lipinski definition) is 3. The highest BCUT2D eigenvalue weighted by Gasteiger charge is 2.07. The molecule has 0 radical (unpaired) electrons. The normalized spacial score (nSPS) is 9.95. The summed E-state index contributed by atoms with van der Waals surface area (Å²) in [4.78, 5) is 27.4. The molecular weight excluding hydrogens is 266 g/mol. The fourth-order valence-corrected chi connectivity index (χ4v) is 1.77. The molecule has 0 spiro atoms. The van der Waals surface area contributed by atoms with E-state index in [1.165, 1.54) is 0 Å². The molecule has 0 aliphatic carbocycles. The molecule has 0 unspecified atom stereocenters. The summed E-state index contributed by atoms with van der Waals surface area (Å²) in [5.41, 5.74) is 2.06. The van der Waals surface area contributed by atoms with Crippen molar-refractivity contribution in [2.45, 2.75) is 19.9 Å². The van der Waals surface area contributed by atoms with Crippen molar-refractivity contribution >= 4 is 17.5 Å². The molecule has 2 aromatic rings. The number of hydrogen-bond donors (Lipinski definition) is 2. The van der Waals surface area contributed by atoms with Gasteiger partial charge in [-0.15, -0.1) is 0 Å². The first kappa shape index (κ1) is 14.7. The van der Waals surface area contributed by atoms with Crippen LogP contribution in [0.3, 0.4) is 0 Å². The van der Waals surface area contributed by atoms with Crippen LogP contribution in [0.5, 0.6) is 0 Å². The lowest BCUT2D eigenvalue weighted by atomic mass is 10.1. The lowest BCUT2D eigenvalue weighted by Crippen LogP contribution is -2.23. The highest BCUT2D eigenvalue weighted by atomic mass is 16.2. The van der Waals surface area contributed by atoms with E-state index in [-0.39, 0.29) is 11.8 Å². The Kier molecular flexibility index (Phi) is 5.04. The Morgan fingerprint density at radius 2 is 2.05 bits per heavy atom. The zero-order valence-corrected chi connectivity index (χ0v) is 11.8. The van der Waals surface area contributed by atoms with E-state index in [1.54, 1.807) is 43.6 Å². The lowest BCUT2D eigenvalue weighted by molar-refractivity contribution is -0.115. The molecule has 2 N–H and O–H groups in total. The first-order valence-electron chi connectivity index (χ1n) is 6.76. The first-order valence-corrected chi connectivity index (χ1v) is 6.76. The van der Waals surface area contributed by atoms with Gasteiger partial charge < -0.3 is 10.6 Å². The average Bonchev–Trinajstić information content (AvgIpc) is 2.53. The first-order chi connectivity index (χ1) is 10.2. The van der Waals surface area contributed by atoms with E-state index in [1.807, 2.05) is 12.1 Å². The Morgan fingerprint density at radius 1 is 1.19 bits per heavy atom. The maximum Gasteiger partial charge on any atom is 0.251 e. The van der Waals surface area contributed by atoms with Gasteiger partial charge >= 0.3 is 0 Å². The zero-order chi connectivity index (χ0) is 15.1. The summed E-state index contributed by atoms with van der Waals surface area (Å²) in [7, 11) is 0. The quantitative estimate of drug-likeness (QED) is 0.885. The molecule has 108 valence electrons. The van der Waals surface area contributed by atoms with Gasteiger partial charge in [0.25, 0.3) is 5.91 Å². The third-order valence-corrected chi connectivity index (χ3v) is 2.91. The average molecular weight is 283 g/mol. The largest absolute Gasteiger partial charge is 0.348 e. The summed E-state index contributed by atoms with van der Waals surface area (Å²) < 4.78 is 0. The molecule has 0 saturated heterocycles. The fraction of sp³-hybridized carbons (Fsp3) is 0.188. The molecular formula is C16H17N3O2. The van der Waals surface area contributed by atoms with Crippen molar-refractivity contribution in [3.05, 3.63) is 59.9 Å². The SMILES string of the molecule is CCC(=O)Nc1cccc(C(=O)NCc2cccnc2)c1. The van der Waals surface area contributed by atoms with E-state index >= 15 is 0 Å². The second kappa shape index (κ2) is 7.19. The van der Waals surface area contributed by atoms with Crippen molar-refractivity contribution in [2.75, 3.05) is 5.32 Å². The fourth-order valence-electron chi connectivity index (χ4n) is 1.77. The van der Waals surface area contributed by atoms with Gasteiger partial charge in [-0.05, 0) is 29.8 Å². The topological polar surface area (TPSA) is 71.1 Å². The zero-order valence-electron chi connectivity index (χ0n) is 11.8. The van der Waals surface area contributed by atoms with E-state index < -0.39 is 0 Å². The number of aromatic nitrogens is 1. The van der Waals surface area contributed by atoms with Gasteiger partial charge in [-0.1, -0.05) is 19.1 Å². The second-order valence-electron chi connectivity index (χ2n) is 4.53. The van der Waals surface area contributed by atoms with Crippen LogP contribution in [-0.2, 0) is 11.3 Å². The Labute approximate surface area is 123 Å². The maximum atomic E-state index is 12.1. The number of benzene rings is 1. The molecule has 2 amide bonds. The van der Waals surface area contributed by atoms with Crippen LogP contribution in [-0.4, -0.2) is 16.8 Å². The minimum Gasteiger partial charge on any atom is -0.348 e. The summed E-state index contributed by atoms with van der Waals surface area (Å²) in [6, 6.07) is 10.6. The van der Waals surface area contributed by atoms with Crippen molar-refractivity contribution in [2.24, 2.45) is 0 Å². The molecule has 1 heterocycles. The second-order valence-corrected chi connectivity index (χ2v) is 4.53. The van der Waals surface area contributed by atoms with Gasteiger partial charge in [0.2, 0.25) is 5.91 Å². The minimum atomic E-state index is -0.188. The van der Waals surface area contributed by atoms with Crippen LogP contribution in [0.25, 0.3) is 0 Å². The molecule has 0 bridgehead atoms. The van der Waals surface area contributed by atoms with E-state index in [4.69, 9.17) is 0 Å². The summed E-state index contributed by atoms with van der Waals surface area (Å²) in [5.74, 6) is -0.269. The van der Waals surface area contributed by atoms with Crippen molar-refractivity contribution < 1.29 is 9.59 Å². The number of amides is 2. The molecule has 0 aliphatic heterocycles.